The molecule has 0 bridgehead atoms. The van der Waals surface area contributed by atoms with Gasteiger partial charge in [-0.3, -0.25) is 0 Å². The number of hydrogen-bond acceptors (Lipinski definition) is 6. The molecule has 0 aliphatic carbocycles. The van der Waals surface area contributed by atoms with Gasteiger partial charge in [0.2, 0.25) is 9.84 Å². The van der Waals surface area contributed by atoms with Gasteiger partial charge in [0.25, 0.3) is 0 Å². The Morgan fingerprint density at radius 1 is 1.37 bits per heavy atom. The third-order valence-corrected chi connectivity index (χ3v) is 6.27. The van der Waals surface area contributed by atoms with Gasteiger partial charge in [-0.15, -0.1) is 0 Å². The molecule has 10 heteroatoms. The number of sulfone groups is 1. The van der Waals surface area contributed by atoms with E-state index in [9.17, 15) is 8.42 Å². The minimum Gasteiger partial charge on any atom is -0.348 e. The van der Waals surface area contributed by atoms with Crippen molar-refractivity contribution in [3.63, 3.8) is 0 Å². The maximum Gasteiger partial charge on any atom is 0.221 e. The van der Waals surface area contributed by atoms with Gasteiger partial charge in [0.1, 0.15) is 5.82 Å². The van der Waals surface area contributed by atoms with Crippen molar-refractivity contribution >= 4 is 26.4 Å². The number of nitrogens with zero attached hydrogens (tertiary/aromatic N) is 3. The lowest BCUT2D eigenvalue weighted by atomic mass is 10.1. The quantitative estimate of drug-likeness (QED) is 0.570. The summed E-state index contributed by atoms with van der Waals surface area (Å²) in [5.41, 5.74) is 2.13. The van der Waals surface area contributed by atoms with Crippen LogP contribution in [-0.4, -0.2) is 37.8 Å². The topological polar surface area (TPSA) is 115 Å². The molecule has 0 saturated heterocycles. The zero-order valence-corrected chi connectivity index (χ0v) is 17.2. The summed E-state index contributed by atoms with van der Waals surface area (Å²) in [6.45, 7) is 7.60. The number of aromatic nitrogens is 2. The van der Waals surface area contributed by atoms with Crippen LogP contribution in [0.4, 0.5) is 5.69 Å². The number of hydrogen-bond donors (Lipinski definition) is 2. The van der Waals surface area contributed by atoms with E-state index in [0.717, 1.165) is 12.1 Å². The minimum absolute atomic E-state index is 0.0926. The Morgan fingerprint density at radius 3 is 2.48 bits per heavy atom. The normalized spacial score (nSPS) is 17.2. The predicted molar refractivity (Wildman–Crippen MR) is 106 cm³/mol. The van der Waals surface area contributed by atoms with Gasteiger partial charge in [-0.25, -0.2) is 27.0 Å². The molecule has 1 aromatic carbocycles. The molecular formula is C17H24N4O4S2. The number of rotatable bonds is 4. The van der Waals surface area contributed by atoms with E-state index in [2.05, 4.69) is 16.7 Å². The van der Waals surface area contributed by atoms with Crippen LogP contribution in [0.1, 0.15) is 18.3 Å². The van der Waals surface area contributed by atoms with Crippen LogP contribution in [0.25, 0.3) is 0 Å². The van der Waals surface area contributed by atoms with Crippen molar-refractivity contribution < 1.29 is 16.8 Å². The predicted octanol–water partition coefficient (Wildman–Crippen LogP) is 0.937. The van der Waals surface area contributed by atoms with Gasteiger partial charge in [0, 0.05) is 25.0 Å². The van der Waals surface area contributed by atoms with E-state index >= 15 is 0 Å². The van der Waals surface area contributed by atoms with E-state index in [1.54, 1.807) is 24.7 Å². The molecule has 0 spiro atoms. The second-order valence-electron chi connectivity index (χ2n) is 6.28. The molecule has 2 aromatic rings. The highest BCUT2D eigenvalue weighted by molar-refractivity contribution is 7.92. The Bertz CT molecular complexity index is 984. The average Bonchev–Trinajstić information content (AvgIpc) is 3.08. The van der Waals surface area contributed by atoms with E-state index in [1.807, 2.05) is 36.1 Å². The van der Waals surface area contributed by atoms with Gasteiger partial charge >= 0.3 is 0 Å². The van der Waals surface area contributed by atoms with Gasteiger partial charge in [-0.1, -0.05) is 30.9 Å². The van der Waals surface area contributed by atoms with Crippen LogP contribution in [-0.2, 0) is 34.2 Å². The zero-order chi connectivity index (χ0) is 20.4. The highest BCUT2D eigenvalue weighted by Crippen LogP contribution is 2.36. The molecule has 0 saturated carbocycles. The second-order valence-corrected chi connectivity index (χ2v) is 8.85. The lowest BCUT2D eigenvalue weighted by molar-refractivity contribution is 0.572. The molecule has 1 aliphatic heterocycles. The maximum atomic E-state index is 13.1. The average molecular weight is 413 g/mol. The Hall–Kier alpha value is -2.17. The summed E-state index contributed by atoms with van der Waals surface area (Å²) in [7, 11) is -4.47. The number of benzene rings is 1. The van der Waals surface area contributed by atoms with Crippen LogP contribution in [0.5, 0.6) is 0 Å². The van der Waals surface area contributed by atoms with Crippen LogP contribution in [0.2, 0.25) is 0 Å². The van der Waals surface area contributed by atoms with Gasteiger partial charge in [-0.2, -0.15) is 0 Å². The molecule has 148 valence electrons. The van der Waals surface area contributed by atoms with E-state index < -0.39 is 26.1 Å². The second kappa shape index (κ2) is 8.24. The van der Waals surface area contributed by atoms with Crippen molar-refractivity contribution in [2.45, 2.75) is 36.7 Å². The number of anilines is 1. The lowest BCUT2D eigenvalue weighted by Crippen LogP contribution is -2.43. The summed E-state index contributed by atoms with van der Waals surface area (Å²) in [6, 6.07) is 8.02. The molecule has 2 heterocycles. The molecule has 2 unspecified atom stereocenters. The molecule has 0 amide bonds. The first-order chi connectivity index (χ1) is 12.6. The molecule has 1 aromatic heterocycles. The standard InChI is InChI=1S/C17H21N3O2S.H3NO2S/c1-5-17(23(21,22)16-11-19(4)13(3)18-16)20-12(2)10-14-8-6-7-9-15(14)20;1-4(2)3/h5-9,11-12,17H,1,10H2,2-4H3;4H,(H2,1,2,3). The van der Waals surface area contributed by atoms with Crippen molar-refractivity contribution in [2.75, 3.05) is 4.90 Å². The third-order valence-electron chi connectivity index (χ3n) is 4.43. The van der Waals surface area contributed by atoms with Crippen LogP contribution in [0, 0.1) is 6.92 Å². The van der Waals surface area contributed by atoms with E-state index in [-0.39, 0.29) is 11.1 Å². The minimum atomic E-state index is -3.64. The molecule has 8 nitrogen and oxygen atoms in total. The summed E-state index contributed by atoms with van der Waals surface area (Å²) < 4.78 is 45.5. The Labute approximate surface area is 161 Å². The molecule has 0 radical (unpaired) electrons. The van der Waals surface area contributed by atoms with Crippen LogP contribution in [0.15, 0.2) is 48.1 Å². The Balaban J connectivity index is 0.000000596. The molecule has 3 rings (SSSR count). The smallest absolute Gasteiger partial charge is 0.221 e. The summed E-state index contributed by atoms with van der Waals surface area (Å²) in [4.78, 5) is 6.14. The van der Waals surface area contributed by atoms with Crippen molar-refractivity contribution in [1.29, 1.82) is 0 Å². The number of thiol groups is 1. The van der Waals surface area contributed by atoms with Gasteiger partial charge in [-0.05, 0) is 31.9 Å². The van der Waals surface area contributed by atoms with Crippen molar-refractivity contribution in [2.24, 2.45) is 12.2 Å². The van der Waals surface area contributed by atoms with Crippen molar-refractivity contribution in [3.05, 3.63) is 54.5 Å². The fourth-order valence-electron chi connectivity index (χ4n) is 3.15. The highest BCUT2D eigenvalue weighted by Gasteiger charge is 2.39. The summed E-state index contributed by atoms with van der Waals surface area (Å²) in [5, 5.41) is 3.34. The van der Waals surface area contributed by atoms with Crippen molar-refractivity contribution in [3.8, 4) is 0 Å². The molecular weight excluding hydrogens is 388 g/mol. The molecule has 1 aliphatic rings. The molecule has 0 fully saturated rings. The van der Waals surface area contributed by atoms with E-state index in [1.165, 1.54) is 11.6 Å². The lowest BCUT2D eigenvalue weighted by Gasteiger charge is -2.31. The fourth-order valence-corrected chi connectivity index (χ4v) is 4.84. The number of fused-ring (bicyclic) bond motifs is 1. The largest absolute Gasteiger partial charge is 0.348 e. The Morgan fingerprint density at radius 2 is 1.96 bits per heavy atom. The van der Waals surface area contributed by atoms with E-state index in [0.29, 0.717) is 5.82 Å². The SMILES string of the molecule is C=CC(N1c2ccccc2CC1C)S(=O)(=O)c1cn(C)c(C)n1.N[SH](=O)=O. The first-order valence-corrected chi connectivity index (χ1v) is 11.0. The number of aryl methyl sites for hydroxylation is 2. The van der Waals surface area contributed by atoms with Gasteiger partial charge in [0.05, 0.1) is 0 Å². The van der Waals surface area contributed by atoms with E-state index in [4.69, 9.17) is 8.42 Å². The summed E-state index contributed by atoms with van der Waals surface area (Å²) >= 11 is 0. The highest BCUT2D eigenvalue weighted by atomic mass is 32.2. The van der Waals surface area contributed by atoms with Crippen LogP contribution >= 0.6 is 0 Å². The Kier molecular flexibility index (Phi) is 6.45. The number of para-hydroxylation sites is 1. The summed E-state index contributed by atoms with van der Waals surface area (Å²) in [6.07, 6.45) is 3.89. The first-order valence-electron chi connectivity index (χ1n) is 8.21. The third kappa shape index (κ3) is 4.40. The molecule has 27 heavy (non-hydrogen) atoms. The number of nitrogens with two attached hydrogens (primary N) is 1. The van der Waals surface area contributed by atoms with Crippen LogP contribution in [0.3, 0.4) is 0 Å². The summed E-state index contributed by atoms with van der Waals surface area (Å²) in [5.74, 6) is 0.668. The van der Waals surface area contributed by atoms with Crippen molar-refractivity contribution in [1.82, 2.24) is 9.55 Å². The fraction of sp³-hybridized carbons (Fsp3) is 0.353. The number of imidazole rings is 1. The molecule has 2 N–H and O–H groups in total. The maximum absolute atomic E-state index is 13.1. The van der Waals surface area contributed by atoms with Gasteiger partial charge < -0.3 is 9.47 Å². The zero-order valence-electron chi connectivity index (χ0n) is 15.4. The monoisotopic (exact) mass is 412 g/mol. The van der Waals surface area contributed by atoms with Crippen LogP contribution < -0.4 is 10.0 Å². The van der Waals surface area contributed by atoms with Gasteiger partial charge in [0.15, 0.2) is 21.3 Å². The molecule has 2 atom stereocenters. The first kappa shape index (κ1) is 21.1.